The van der Waals surface area contributed by atoms with E-state index in [4.69, 9.17) is 0 Å². The van der Waals surface area contributed by atoms with Crippen LogP contribution < -0.4 is 0 Å². The zero-order valence-corrected chi connectivity index (χ0v) is 12.9. The first-order valence-electron chi connectivity index (χ1n) is 6.33. The molecule has 0 unspecified atom stereocenters. The highest BCUT2D eigenvalue weighted by molar-refractivity contribution is 7.89. The summed E-state index contributed by atoms with van der Waals surface area (Å²) in [5.74, 6) is 0. The van der Waals surface area contributed by atoms with Crippen molar-refractivity contribution in [2.24, 2.45) is 0 Å². The summed E-state index contributed by atoms with van der Waals surface area (Å²) in [4.78, 5) is -0.120. The molecule has 0 spiro atoms. The van der Waals surface area contributed by atoms with Crippen LogP contribution in [-0.2, 0) is 16.6 Å². The van der Waals surface area contributed by atoms with Crippen molar-refractivity contribution < 1.29 is 26.7 Å². The van der Waals surface area contributed by atoms with E-state index >= 15 is 0 Å². The minimum absolute atomic E-state index is 0.0726. The molecule has 0 amide bonds. The van der Waals surface area contributed by atoms with Gasteiger partial charge in [-0.15, -0.1) is 0 Å². The monoisotopic (exact) mass is 328 g/mol. The Hall–Kier alpha value is -1.06. The molecule has 5 nitrogen and oxygen atoms in total. The van der Waals surface area contributed by atoms with Gasteiger partial charge in [-0.3, -0.25) is 0 Å². The van der Waals surface area contributed by atoms with Gasteiger partial charge in [-0.2, -0.15) is 13.2 Å². The van der Waals surface area contributed by atoms with Gasteiger partial charge in [0.15, 0.2) is 0 Å². The standard InChI is InChI=1S/C12H19F3N2O3S/c1-9(2)17-7-11(6-10(17)8-18)21(19,20)16(3)5-4-12(13,14)15/h6-7,9,18H,4-5,8H2,1-3H3. The summed E-state index contributed by atoms with van der Waals surface area (Å²) in [6, 6.07) is 1.20. The van der Waals surface area contributed by atoms with Crippen LogP contribution in [0.1, 0.15) is 32.0 Å². The number of rotatable bonds is 6. The largest absolute Gasteiger partial charge is 0.390 e. The summed E-state index contributed by atoms with van der Waals surface area (Å²) in [5, 5.41) is 9.22. The van der Waals surface area contributed by atoms with Crippen molar-refractivity contribution in [1.82, 2.24) is 8.87 Å². The van der Waals surface area contributed by atoms with E-state index in [1.54, 1.807) is 4.57 Å². The summed E-state index contributed by atoms with van der Waals surface area (Å²) in [5.41, 5.74) is 0.396. The molecule has 9 heteroatoms. The van der Waals surface area contributed by atoms with Crippen LogP contribution in [0.2, 0.25) is 0 Å². The molecule has 1 N–H and O–H groups in total. The Morgan fingerprint density at radius 3 is 2.33 bits per heavy atom. The third-order valence-electron chi connectivity index (χ3n) is 3.04. The Labute approximate surface area is 122 Å². The Morgan fingerprint density at radius 1 is 1.38 bits per heavy atom. The van der Waals surface area contributed by atoms with Crippen molar-refractivity contribution in [1.29, 1.82) is 0 Å². The first kappa shape index (κ1) is 18.0. The maximum absolute atomic E-state index is 12.2. The van der Waals surface area contributed by atoms with Gasteiger partial charge in [0.05, 0.1) is 13.0 Å². The molecular weight excluding hydrogens is 309 g/mol. The average Bonchev–Trinajstić information content (AvgIpc) is 2.79. The predicted octanol–water partition coefficient (Wildman–Crippen LogP) is 2.13. The van der Waals surface area contributed by atoms with Crippen molar-refractivity contribution in [3.05, 3.63) is 18.0 Å². The van der Waals surface area contributed by atoms with Gasteiger partial charge in [-0.05, 0) is 19.9 Å². The number of nitrogens with zero attached hydrogens (tertiary/aromatic N) is 2. The molecule has 0 aliphatic heterocycles. The minimum atomic E-state index is -4.41. The molecule has 1 heterocycles. The molecule has 1 aromatic heterocycles. The van der Waals surface area contributed by atoms with E-state index in [9.17, 15) is 26.7 Å². The van der Waals surface area contributed by atoms with Gasteiger partial charge in [0.1, 0.15) is 4.90 Å². The van der Waals surface area contributed by atoms with E-state index in [1.165, 1.54) is 12.3 Å². The molecule has 0 radical (unpaired) electrons. The Kier molecular flexibility index (Phi) is 5.46. The second-order valence-electron chi connectivity index (χ2n) is 5.02. The summed E-state index contributed by atoms with van der Waals surface area (Å²) < 4.78 is 63.2. The molecule has 21 heavy (non-hydrogen) atoms. The van der Waals surface area contributed by atoms with E-state index in [1.807, 2.05) is 13.8 Å². The molecule has 1 aromatic rings. The molecule has 1 rings (SSSR count). The Balaban J connectivity index is 3.02. The van der Waals surface area contributed by atoms with Crippen LogP contribution in [0, 0.1) is 0 Å². The molecule has 0 saturated carbocycles. The van der Waals surface area contributed by atoms with Crippen molar-refractivity contribution in [3.63, 3.8) is 0 Å². The number of aromatic nitrogens is 1. The lowest BCUT2D eigenvalue weighted by Crippen LogP contribution is -2.30. The van der Waals surface area contributed by atoms with E-state index in [0.29, 0.717) is 10.00 Å². The van der Waals surface area contributed by atoms with Crippen molar-refractivity contribution in [2.75, 3.05) is 13.6 Å². The number of alkyl halides is 3. The highest BCUT2D eigenvalue weighted by Gasteiger charge is 2.31. The van der Waals surface area contributed by atoms with Gasteiger partial charge in [0.2, 0.25) is 10.0 Å². The smallest absolute Gasteiger partial charge is 0.390 e. The molecule has 0 atom stereocenters. The first-order chi connectivity index (χ1) is 9.49. The van der Waals surface area contributed by atoms with Crippen molar-refractivity contribution >= 4 is 10.0 Å². The molecule has 0 saturated heterocycles. The topological polar surface area (TPSA) is 62.5 Å². The summed E-state index contributed by atoms with van der Waals surface area (Å²) >= 11 is 0. The molecule has 0 aliphatic carbocycles. The number of hydrogen-bond acceptors (Lipinski definition) is 3. The zero-order valence-electron chi connectivity index (χ0n) is 12.1. The second-order valence-corrected chi connectivity index (χ2v) is 7.06. The number of aliphatic hydroxyl groups excluding tert-OH is 1. The normalized spacial score (nSPS) is 13.4. The number of hydrogen-bond donors (Lipinski definition) is 1. The first-order valence-corrected chi connectivity index (χ1v) is 7.77. The number of aliphatic hydroxyl groups is 1. The van der Waals surface area contributed by atoms with Gasteiger partial charge in [-0.1, -0.05) is 0 Å². The fourth-order valence-corrected chi connectivity index (χ4v) is 3.05. The summed E-state index contributed by atoms with van der Waals surface area (Å²) in [6.07, 6.45) is -4.29. The number of halogens is 3. The van der Waals surface area contributed by atoms with E-state index in [2.05, 4.69) is 0 Å². The zero-order chi connectivity index (χ0) is 16.4. The lowest BCUT2D eigenvalue weighted by molar-refractivity contribution is -0.135. The van der Waals surface area contributed by atoms with E-state index < -0.39 is 29.2 Å². The molecule has 0 bridgehead atoms. The van der Waals surface area contributed by atoms with Crippen LogP contribution in [-0.4, -0.2) is 42.2 Å². The SMILES string of the molecule is CC(C)n1cc(S(=O)(=O)N(C)CCC(F)(F)F)cc1CO. The maximum atomic E-state index is 12.2. The van der Waals surface area contributed by atoms with Crippen molar-refractivity contribution in [3.8, 4) is 0 Å². The number of sulfonamides is 1. The van der Waals surface area contributed by atoms with Gasteiger partial charge in [-0.25, -0.2) is 12.7 Å². The Morgan fingerprint density at radius 2 is 1.95 bits per heavy atom. The lowest BCUT2D eigenvalue weighted by Gasteiger charge is -2.17. The lowest BCUT2D eigenvalue weighted by atomic mass is 10.3. The third kappa shape index (κ3) is 4.45. The quantitative estimate of drug-likeness (QED) is 0.870. The van der Waals surface area contributed by atoms with Gasteiger partial charge < -0.3 is 9.67 Å². The fraction of sp³-hybridized carbons (Fsp3) is 0.667. The maximum Gasteiger partial charge on any atom is 0.390 e. The van der Waals surface area contributed by atoms with Crippen LogP contribution in [0.15, 0.2) is 17.2 Å². The van der Waals surface area contributed by atoms with Crippen LogP contribution in [0.4, 0.5) is 13.2 Å². The minimum Gasteiger partial charge on any atom is -0.390 e. The van der Waals surface area contributed by atoms with Gasteiger partial charge in [0, 0.05) is 31.5 Å². The summed E-state index contributed by atoms with van der Waals surface area (Å²) in [7, 11) is -2.90. The Bertz CT molecular complexity index is 579. The summed E-state index contributed by atoms with van der Waals surface area (Å²) in [6.45, 7) is 2.62. The predicted molar refractivity (Wildman–Crippen MR) is 71.2 cm³/mol. The highest BCUT2D eigenvalue weighted by Crippen LogP contribution is 2.24. The van der Waals surface area contributed by atoms with Crippen LogP contribution >= 0.6 is 0 Å². The van der Waals surface area contributed by atoms with Crippen LogP contribution in [0.5, 0.6) is 0 Å². The van der Waals surface area contributed by atoms with E-state index in [0.717, 1.165) is 7.05 Å². The third-order valence-corrected chi connectivity index (χ3v) is 4.87. The van der Waals surface area contributed by atoms with Crippen LogP contribution in [0.3, 0.4) is 0 Å². The second kappa shape index (κ2) is 6.37. The molecule has 0 aliphatic rings. The molecule has 0 aromatic carbocycles. The van der Waals surface area contributed by atoms with Gasteiger partial charge >= 0.3 is 6.18 Å². The fourth-order valence-electron chi connectivity index (χ4n) is 1.83. The molecule has 0 fully saturated rings. The van der Waals surface area contributed by atoms with Crippen LogP contribution in [0.25, 0.3) is 0 Å². The average molecular weight is 328 g/mol. The van der Waals surface area contributed by atoms with E-state index in [-0.39, 0.29) is 17.5 Å². The van der Waals surface area contributed by atoms with Gasteiger partial charge in [0.25, 0.3) is 0 Å². The molecular formula is C12H19F3N2O3S. The van der Waals surface area contributed by atoms with Crippen molar-refractivity contribution in [2.45, 2.75) is 44.0 Å². The molecule has 122 valence electrons. The highest BCUT2D eigenvalue weighted by atomic mass is 32.2.